The predicted molar refractivity (Wildman–Crippen MR) is 79.2 cm³/mol. The van der Waals surface area contributed by atoms with Gasteiger partial charge in [0.15, 0.2) is 0 Å². The second-order valence-corrected chi connectivity index (χ2v) is 6.50. The Bertz CT molecular complexity index is 609. The van der Waals surface area contributed by atoms with Crippen LogP contribution in [-0.4, -0.2) is 9.78 Å². The molecule has 0 spiro atoms. The summed E-state index contributed by atoms with van der Waals surface area (Å²) in [5, 5.41) is 5.59. The van der Waals surface area contributed by atoms with Crippen molar-refractivity contribution in [3.05, 3.63) is 46.7 Å². The third-order valence-corrected chi connectivity index (χ3v) is 4.23. The summed E-state index contributed by atoms with van der Waals surface area (Å²) in [6, 6.07) is 10.2. The molecule has 19 heavy (non-hydrogen) atoms. The van der Waals surface area contributed by atoms with Crippen LogP contribution >= 0.6 is 11.6 Å². The molecule has 1 aliphatic carbocycles. The zero-order valence-corrected chi connectivity index (χ0v) is 12.4. The highest BCUT2D eigenvalue weighted by atomic mass is 35.5. The molecule has 0 atom stereocenters. The molecule has 1 fully saturated rings. The van der Waals surface area contributed by atoms with Crippen LogP contribution in [0.15, 0.2) is 30.3 Å². The lowest BCUT2D eigenvalue weighted by molar-refractivity contribution is 0.694. The van der Waals surface area contributed by atoms with Crippen molar-refractivity contribution in [3.8, 4) is 5.69 Å². The molecular weight excluding hydrogens is 256 g/mol. The van der Waals surface area contributed by atoms with E-state index >= 15 is 0 Å². The summed E-state index contributed by atoms with van der Waals surface area (Å²) >= 11 is 6.09. The summed E-state index contributed by atoms with van der Waals surface area (Å²) in [5.74, 6) is 0.447. The molecule has 0 bridgehead atoms. The highest BCUT2D eigenvalue weighted by molar-refractivity contribution is 6.30. The first-order chi connectivity index (χ1) is 8.99. The third-order valence-electron chi connectivity index (χ3n) is 4.00. The Balaban J connectivity index is 2.11. The molecule has 2 aromatic rings. The number of rotatable bonds is 3. The molecule has 0 radical (unpaired) electrons. The average molecular weight is 275 g/mol. The van der Waals surface area contributed by atoms with Gasteiger partial charge in [-0.25, -0.2) is 4.68 Å². The van der Waals surface area contributed by atoms with E-state index < -0.39 is 0 Å². The lowest BCUT2D eigenvalue weighted by atomic mass is 10.0. The fraction of sp³-hybridized carbons (Fsp3) is 0.438. The van der Waals surface area contributed by atoms with Crippen LogP contribution in [0, 0.1) is 0 Å². The van der Waals surface area contributed by atoms with Gasteiger partial charge in [-0.2, -0.15) is 5.10 Å². The van der Waals surface area contributed by atoms with Crippen LogP contribution in [0.2, 0.25) is 5.02 Å². The molecule has 3 heteroatoms. The minimum Gasteiger partial charge on any atom is -0.237 e. The smallest absolute Gasteiger partial charge is 0.0690 e. The van der Waals surface area contributed by atoms with E-state index in [4.69, 9.17) is 16.7 Å². The van der Waals surface area contributed by atoms with Crippen molar-refractivity contribution in [3.63, 3.8) is 0 Å². The quantitative estimate of drug-likeness (QED) is 0.793. The molecule has 2 nitrogen and oxygen atoms in total. The van der Waals surface area contributed by atoms with Crippen LogP contribution in [-0.2, 0) is 5.41 Å². The highest BCUT2D eigenvalue weighted by Gasteiger charge is 2.41. The maximum atomic E-state index is 6.09. The number of aromatic nitrogens is 2. The highest BCUT2D eigenvalue weighted by Crippen LogP contribution is 2.47. The maximum absolute atomic E-state index is 6.09. The molecule has 1 heterocycles. The van der Waals surface area contributed by atoms with Crippen molar-refractivity contribution in [1.82, 2.24) is 9.78 Å². The third kappa shape index (κ3) is 2.30. The van der Waals surface area contributed by atoms with Crippen molar-refractivity contribution in [2.75, 3.05) is 0 Å². The van der Waals surface area contributed by atoms with Gasteiger partial charge < -0.3 is 0 Å². The van der Waals surface area contributed by atoms with Gasteiger partial charge in [-0.15, -0.1) is 0 Å². The molecule has 1 aromatic carbocycles. The first-order valence-corrected chi connectivity index (χ1v) is 7.24. The Morgan fingerprint density at radius 2 is 2.00 bits per heavy atom. The van der Waals surface area contributed by atoms with Crippen molar-refractivity contribution < 1.29 is 0 Å². The Labute approximate surface area is 119 Å². The summed E-state index contributed by atoms with van der Waals surface area (Å²) in [7, 11) is 0. The molecule has 3 rings (SSSR count). The van der Waals surface area contributed by atoms with Crippen LogP contribution < -0.4 is 0 Å². The van der Waals surface area contributed by atoms with Crippen LogP contribution in [0.25, 0.3) is 5.69 Å². The first-order valence-electron chi connectivity index (χ1n) is 6.86. The van der Waals surface area contributed by atoms with E-state index in [2.05, 4.69) is 37.6 Å². The number of hydrogen-bond donors (Lipinski definition) is 0. The van der Waals surface area contributed by atoms with Crippen molar-refractivity contribution in [2.24, 2.45) is 0 Å². The van der Waals surface area contributed by atoms with E-state index in [0.29, 0.717) is 11.3 Å². The normalized spacial score (nSPS) is 16.9. The van der Waals surface area contributed by atoms with Gasteiger partial charge in [0.2, 0.25) is 0 Å². The predicted octanol–water partition coefficient (Wildman–Crippen LogP) is 4.70. The van der Waals surface area contributed by atoms with Crippen LogP contribution in [0.3, 0.4) is 0 Å². The fourth-order valence-corrected chi connectivity index (χ4v) is 2.54. The first kappa shape index (κ1) is 12.7. The topological polar surface area (TPSA) is 17.8 Å². The van der Waals surface area contributed by atoms with Crippen molar-refractivity contribution in [2.45, 2.75) is 44.9 Å². The summed E-state index contributed by atoms with van der Waals surface area (Å²) < 4.78 is 2.05. The van der Waals surface area contributed by atoms with Crippen LogP contribution in [0.4, 0.5) is 0 Å². The Morgan fingerprint density at radius 1 is 1.26 bits per heavy atom. The summed E-state index contributed by atoms with van der Waals surface area (Å²) in [6.07, 6.45) is 2.49. The zero-order valence-electron chi connectivity index (χ0n) is 11.7. The van der Waals surface area contributed by atoms with E-state index in [1.807, 2.05) is 18.2 Å². The summed E-state index contributed by atoms with van der Waals surface area (Å²) in [6.45, 7) is 6.70. The number of hydrogen-bond acceptors (Lipinski definition) is 1. The van der Waals surface area contributed by atoms with Gasteiger partial charge in [0.1, 0.15) is 0 Å². The lowest BCUT2D eigenvalue weighted by Gasteiger charge is -2.10. The Hall–Kier alpha value is -1.28. The molecule has 1 aliphatic rings. The van der Waals surface area contributed by atoms with Crippen molar-refractivity contribution in [1.29, 1.82) is 0 Å². The van der Waals surface area contributed by atoms with E-state index in [1.165, 1.54) is 24.2 Å². The van der Waals surface area contributed by atoms with E-state index in [9.17, 15) is 0 Å². The molecule has 1 saturated carbocycles. The summed E-state index contributed by atoms with van der Waals surface area (Å²) in [4.78, 5) is 0. The Morgan fingerprint density at radius 3 is 2.58 bits per heavy atom. The number of halogens is 1. The zero-order chi connectivity index (χ0) is 13.6. The van der Waals surface area contributed by atoms with Gasteiger partial charge in [0, 0.05) is 16.1 Å². The molecule has 100 valence electrons. The molecular formula is C16H19ClN2. The molecule has 0 amide bonds. The van der Waals surface area contributed by atoms with Gasteiger partial charge in [-0.05, 0) is 43.0 Å². The molecule has 0 aliphatic heterocycles. The molecule has 0 saturated heterocycles. The van der Waals surface area contributed by atoms with E-state index in [1.54, 1.807) is 0 Å². The SMILES string of the molecule is CC(C)c1cc(C2(C)CC2)nn1-c1cccc(Cl)c1. The van der Waals surface area contributed by atoms with Crippen LogP contribution in [0.1, 0.15) is 50.9 Å². The van der Waals surface area contributed by atoms with Crippen molar-refractivity contribution >= 4 is 11.6 Å². The standard InChI is InChI=1S/C16H19ClN2/c1-11(2)14-10-15(16(3)7-8-16)18-19(14)13-6-4-5-12(17)9-13/h4-6,9-11H,7-8H2,1-3H3. The average Bonchev–Trinajstić information content (AvgIpc) is 2.94. The second kappa shape index (κ2) is 4.38. The lowest BCUT2D eigenvalue weighted by Crippen LogP contribution is -2.05. The van der Waals surface area contributed by atoms with E-state index in [0.717, 1.165) is 10.7 Å². The fourth-order valence-electron chi connectivity index (χ4n) is 2.36. The number of nitrogens with zero attached hydrogens (tertiary/aromatic N) is 2. The van der Waals surface area contributed by atoms with Gasteiger partial charge in [0.05, 0.1) is 11.4 Å². The van der Waals surface area contributed by atoms with Gasteiger partial charge in [-0.3, -0.25) is 0 Å². The molecule has 1 aromatic heterocycles. The largest absolute Gasteiger partial charge is 0.237 e. The maximum Gasteiger partial charge on any atom is 0.0690 e. The van der Waals surface area contributed by atoms with Gasteiger partial charge >= 0.3 is 0 Å². The monoisotopic (exact) mass is 274 g/mol. The minimum absolute atomic E-state index is 0.299. The molecule has 0 unspecified atom stereocenters. The Kier molecular flexibility index (Phi) is 2.94. The van der Waals surface area contributed by atoms with E-state index in [-0.39, 0.29) is 0 Å². The minimum atomic E-state index is 0.299. The summed E-state index contributed by atoms with van der Waals surface area (Å²) in [5.41, 5.74) is 3.82. The van der Waals surface area contributed by atoms with Crippen LogP contribution in [0.5, 0.6) is 0 Å². The van der Waals surface area contributed by atoms with Gasteiger partial charge in [0.25, 0.3) is 0 Å². The van der Waals surface area contributed by atoms with Gasteiger partial charge in [-0.1, -0.05) is 38.4 Å². The molecule has 0 N–H and O–H groups in total. The second-order valence-electron chi connectivity index (χ2n) is 6.06. The number of benzene rings is 1.